The average Bonchev–Trinajstić information content (AvgIpc) is 3.43. The van der Waals surface area contributed by atoms with Gasteiger partial charge in [0, 0.05) is 0 Å². The summed E-state index contributed by atoms with van der Waals surface area (Å²) >= 11 is 0. The number of esters is 8. The van der Waals surface area contributed by atoms with E-state index in [1.165, 1.54) is 26.4 Å². The number of carbonyl (C=O) groups excluding carboxylic acids is 8. The molecular weight excluding hydrogens is 953 g/mol. The van der Waals surface area contributed by atoms with Crippen LogP contribution in [0.1, 0.15) is 201 Å². The van der Waals surface area contributed by atoms with Gasteiger partial charge in [0.25, 0.3) is 0 Å². The van der Waals surface area contributed by atoms with Crippen LogP contribution in [-0.2, 0) is 37.9 Å². The van der Waals surface area contributed by atoms with Gasteiger partial charge in [-0.1, -0.05) is 128 Å². The van der Waals surface area contributed by atoms with Crippen LogP contribution < -0.4 is 0 Å². The van der Waals surface area contributed by atoms with Crippen molar-refractivity contribution in [2.24, 2.45) is 0 Å². The summed E-state index contributed by atoms with van der Waals surface area (Å²) in [4.78, 5) is 93.8. The summed E-state index contributed by atoms with van der Waals surface area (Å²) in [6.45, 7) is 13.8. The lowest BCUT2D eigenvalue weighted by molar-refractivity contribution is 0.0450. The molecule has 0 radical (unpaired) electrons. The average molecular weight is 1030 g/mol. The minimum Gasteiger partial charge on any atom is -0.465 e. The van der Waals surface area contributed by atoms with Gasteiger partial charge >= 0.3 is 47.8 Å². The first-order valence-corrected chi connectivity index (χ1v) is 25.4. The van der Waals surface area contributed by atoms with Crippen LogP contribution in [0.15, 0.2) is 97.1 Å². The van der Waals surface area contributed by atoms with Gasteiger partial charge in [0.05, 0.1) is 98.4 Å². The highest BCUT2D eigenvalue weighted by Crippen LogP contribution is 2.16. The summed E-state index contributed by atoms with van der Waals surface area (Å²) in [5.74, 6) is -3.97. The molecule has 16 heteroatoms. The van der Waals surface area contributed by atoms with Crippen molar-refractivity contribution in [3.8, 4) is 0 Å². The Bertz CT molecular complexity index is 2160. The first kappa shape index (κ1) is 64.7. The largest absolute Gasteiger partial charge is 0.465 e. The van der Waals surface area contributed by atoms with Crippen LogP contribution in [-0.4, -0.2) is 102 Å². The molecule has 4 aromatic rings. The fourth-order valence-corrected chi connectivity index (χ4v) is 6.31. The molecule has 4 aromatic carbocycles. The molecule has 0 aliphatic rings. The number of rotatable bonds is 26. The van der Waals surface area contributed by atoms with Crippen molar-refractivity contribution in [2.45, 2.75) is 119 Å². The molecule has 0 aliphatic carbocycles. The minimum absolute atomic E-state index is 0.210. The molecule has 0 amide bonds. The van der Waals surface area contributed by atoms with Crippen LogP contribution in [0.4, 0.5) is 0 Å². The smallest absolute Gasteiger partial charge is 0.339 e. The van der Waals surface area contributed by atoms with E-state index >= 15 is 0 Å². The Morgan fingerprint density at radius 3 is 0.676 bits per heavy atom. The van der Waals surface area contributed by atoms with Crippen molar-refractivity contribution in [2.75, 3.05) is 53.9 Å². The highest BCUT2D eigenvalue weighted by atomic mass is 16.6. The fraction of sp³-hybridized carbons (Fsp3) is 0.448. The van der Waals surface area contributed by atoms with Crippen LogP contribution >= 0.6 is 0 Å². The molecule has 0 aliphatic heterocycles. The second-order valence-electron chi connectivity index (χ2n) is 16.0. The van der Waals surface area contributed by atoms with E-state index in [0.29, 0.717) is 26.4 Å². The van der Waals surface area contributed by atoms with Gasteiger partial charge in [0.1, 0.15) is 0 Å². The summed E-state index contributed by atoms with van der Waals surface area (Å²) in [5, 5.41) is 0. The van der Waals surface area contributed by atoms with Gasteiger partial charge in [-0.2, -0.15) is 0 Å². The summed E-state index contributed by atoms with van der Waals surface area (Å²) in [6.07, 6.45) is 11.9. The van der Waals surface area contributed by atoms with E-state index in [1.807, 2.05) is 13.8 Å². The highest BCUT2D eigenvalue weighted by molar-refractivity contribution is 6.05. The van der Waals surface area contributed by atoms with Crippen molar-refractivity contribution < 1.29 is 76.3 Å². The Labute approximate surface area is 436 Å². The predicted octanol–water partition coefficient (Wildman–Crippen LogP) is 12.1. The summed E-state index contributed by atoms with van der Waals surface area (Å²) in [6, 6.07) is 26.0. The molecule has 0 N–H and O–H groups in total. The number of carbonyl (C=O) groups is 8. The zero-order valence-electron chi connectivity index (χ0n) is 44.5. The van der Waals surface area contributed by atoms with Crippen molar-refractivity contribution in [1.29, 1.82) is 0 Å². The van der Waals surface area contributed by atoms with Gasteiger partial charge < -0.3 is 37.9 Å². The van der Waals surface area contributed by atoms with Gasteiger partial charge in [-0.15, -0.1) is 0 Å². The van der Waals surface area contributed by atoms with Crippen molar-refractivity contribution in [1.82, 2.24) is 0 Å². The Balaban J connectivity index is 0.000000503. The molecule has 0 unspecified atom stereocenters. The van der Waals surface area contributed by atoms with E-state index in [0.717, 1.165) is 77.0 Å². The maximum atomic E-state index is 12.2. The zero-order chi connectivity index (χ0) is 54.9. The van der Waals surface area contributed by atoms with Gasteiger partial charge in [-0.25, -0.2) is 38.4 Å². The standard InChI is InChI=1S/C20H30O4.C16H22O4.C12H14O4.C10H10O4/c1-3-5-7-11-15-23-19(21)17-13-9-10-14-18(17)20(22)24-16-12-8-6-4-2;1-3-5-11-19-15(17)13-9-7-8-10-14(13)16(18)20-12-6-4-2;1-3-15-11(13)9-7-5-6-8-10(9)12(14)16-4-2;1-13-9(11)7-5-3-4-6-8(7)10(12)14-2/h9-10,13-14H,3-8,11-12,15-16H2,1-2H3;7-10H,3-6,11-12H2,1-2H3;5-8H,3-4H2,1-2H3;3-6H,1-2H3. The Morgan fingerprint density at radius 1 is 0.270 bits per heavy atom. The minimum atomic E-state index is -0.550. The number of benzene rings is 4. The fourth-order valence-electron chi connectivity index (χ4n) is 6.31. The van der Waals surface area contributed by atoms with E-state index < -0.39 is 47.8 Å². The first-order chi connectivity index (χ1) is 35.8. The van der Waals surface area contributed by atoms with Crippen molar-refractivity contribution >= 4 is 47.8 Å². The Kier molecular flexibility index (Phi) is 35.1. The molecule has 0 aromatic heterocycles. The van der Waals surface area contributed by atoms with Crippen LogP contribution in [0.25, 0.3) is 0 Å². The van der Waals surface area contributed by atoms with Gasteiger partial charge in [-0.05, 0) is 88.1 Å². The topological polar surface area (TPSA) is 210 Å². The zero-order valence-corrected chi connectivity index (χ0v) is 44.5. The summed E-state index contributed by atoms with van der Waals surface area (Å²) < 4.78 is 39.6. The number of ether oxygens (including phenoxy) is 8. The molecule has 4 rings (SSSR count). The third-order valence-corrected chi connectivity index (χ3v) is 10.3. The van der Waals surface area contributed by atoms with Gasteiger partial charge in [-0.3, -0.25) is 0 Å². The van der Waals surface area contributed by atoms with E-state index in [1.54, 1.807) is 98.8 Å². The number of unbranched alkanes of at least 4 members (excludes halogenated alkanes) is 8. The molecule has 74 heavy (non-hydrogen) atoms. The monoisotopic (exact) mass is 1030 g/mol. The molecule has 0 spiro atoms. The lowest BCUT2D eigenvalue weighted by Crippen LogP contribution is -2.15. The van der Waals surface area contributed by atoms with Crippen LogP contribution in [0, 0.1) is 0 Å². The van der Waals surface area contributed by atoms with E-state index in [-0.39, 0.29) is 57.7 Å². The quantitative estimate of drug-likeness (QED) is 0.0325. The molecule has 16 nitrogen and oxygen atoms in total. The first-order valence-electron chi connectivity index (χ1n) is 25.4. The summed E-state index contributed by atoms with van der Waals surface area (Å²) in [7, 11) is 2.52. The number of hydrogen-bond acceptors (Lipinski definition) is 16. The van der Waals surface area contributed by atoms with E-state index in [9.17, 15) is 38.4 Å². The lowest BCUT2D eigenvalue weighted by Gasteiger charge is -2.10. The molecule has 0 bridgehead atoms. The normalized spacial score (nSPS) is 9.95. The molecule has 0 atom stereocenters. The molecule has 0 fully saturated rings. The van der Waals surface area contributed by atoms with Crippen LogP contribution in [0.3, 0.4) is 0 Å². The van der Waals surface area contributed by atoms with Crippen molar-refractivity contribution in [3.63, 3.8) is 0 Å². The van der Waals surface area contributed by atoms with Gasteiger partial charge in [0.2, 0.25) is 0 Å². The van der Waals surface area contributed by atoms with Gasteiger partial charge in [0.15, 0.2) is 0 Å². The Hall–Kier alpha value is -7.36. The third-order valence-electron chi connectivity index (χ3n) is 10.3. The van der Waals surface area contributed by atoms with Crippen LogP contribution in [0.2, 0.25) is 0 Å². The van der Waals surface area contributed by atoms with E-state index in [4.69, 9.17) is 28.4 Å². The van der Waals surface area contributed by atoms with E-state index in [2.05, 4.69) is 23.3 Å². The summed E-state index contributed by atoms with van der Waals surface area (Å²) in [5.41, 5.74) is 2.00. The predicted molar refractivity (Wildman–Crippen MR) is 280 cm³/mol. The second kappa shape index (κ2) is 40.2. The highest BCUT2D eigenvalue weighted by Gasteiger charge is 2.21. The number of hydrogen-bond donors (Lipinski definition) is 0. The SMILES string of the molecule is CCCCCCOC(=O)c1ccccc1C(=O)OCCCCCC.CCCCOC(=O)c1ccccc1C(=O)OCCCC.CCOC(=O)c1ccccc1C(=O)OCC.COC(=O)c1ccccc1C(=O)OC. The van der Waals surface area contributed by atoms with Crippen molar-refractivity contribution in [3.05, 3.63) is 142 Å². The molecule has 0 heterocycles. The molecule has 0 saturated heterocycles. The van der Waals surface area contributed by atoms with Crippen LogP contribution in [0.5, 0.6) is 0 Å². The maximum absolute atomic E-state index is 12.2. The third kappa shape index (κ3) is 24.9. The Morgan fingerprint density at radius 2 is 0.473 bits per heavy atom. The second-order valence-corrected chi connectivity index (χ2v) is 16.0. The molecule has 404 valence electrons. The molecular formula is C58H76O16. The molecule has 0 saturated carbocycles. The lowest BCUT2D eigenvalue weighted by atomic mass is 10.1. The number of methoxy groups -OCH3 is 2. The maximum Gasteiger partial charge on any atom is 0.339 e.